The summed E-state index contributed by atoms with van der Waals surface area (Å²) < 4.78 is 22.9. The molecule has 0 saturated carbocycles. The van der Waals surface area contributed by atoms with Gasteiger partial charge in [0.05, 0.1) is 27.8 Å². The average molecular weight is 366 g/mol. The molecule has 1 atom stereocenters. The molecule has 1 aromatic carbocycles. The lowest BCUT2D eigenvalue weighted by molar-refractivity contribution is 0.102. The van der Waals surface area contributed by atoms with Crippen molar-refractivity contribution < 1.29 is 13.2 Å². The molecule has 0 spiro atoms. The number of carbonyl (C=O) groups is 1. The monoisotopic (exact) mass is 365 g/mol. The van der Waals surface area contributed by atoms with Crippen LogP contribution < -0.4 is 10.6 Å². The molecule has 1 amide bonds. The van der Waals surface area contributed by atoms with Gasteiger partial charge in [0, 0.05) is 12.2 Å². The SMILES string of the molecule is O=C(Nc1ccccc1Cl)c1ccc(NC2CCS(=O)(=O)C2)nc1. The van der Waals surface area contributed by atoms with Crippen LogP contribution in [-0.2, 0) is 9.84 Å². The highest BCUT2D eigenvalue weighted by Crippen LogP contribution is 2.21. The smallest absolute Gasteiger partial charge is 0.257 e. The van der Waals surface area contributed by atoms with Gasteiger partial charge in [0.2, 0.25) is 0 Å². The number of amides is 1. The van der Waals surface area contributed by atoms with Crippen molar-refractivity contribution in [1.29, 1.82) is 0 Å². The molecule has 0 aliphatic carbocycles. The van der Waals surface area contributed by atoms with E-state index in [-0.39, 0.29) is 23.5 Å². The molecule has 3 rings (SSSR count). The summed E-state index contributed by atoms with van der Waals surface area (Å²) in [6.45, 7) is 0. The lowest BCUT2D eigenvalue weighted by atomic mass is 10.2. The van der Waals surface area contributed by atoms with Crippen LogP contribution in [0.15, 0.2) is 42.6 Å². The second kappa shape index (κ2) is 6.78. The Bertz CT molecular complexity index is 853. The first-order valence-corrected chi connectivity index (χ1v) is 9.62. The molecular weight excluding hydrogens is 350 g/mol. The molecule has 1 aromatic heterocycles. The second-order valence-electron chi connectivity index (χ2n) is 5.61. The van der Waals surface area contributed by atoms with Crippen LogP contribution in [0.3, 0.4) is 0 Å². The minimum Gasteiger partial charge on any atom is -0.366 e. The predicted octanol–water partition coefficient (Wildman–Crippen LogP) is 2.59. The van der Waals surface area contributed by atoms with Gasteiger partial charge in [0.25, 0.3) is 5.91 Å². The van der Waals surface area contributed by atoms with Gasteiger partial charge in [0.15, 0.2) is 9.84 Å². The van der Waals surface area contributed by atoms with E-state index >= 15 is 0 Å². The fourth-order valence-corrected chi connectivity index (χ4v) is 4.34. The Morgan fingerprint density at radius 3 is 2.62 bits per heavy atom. The Hall–Kier alpha value is -2.12. The molecule has 1 saturated heterocycles. The molecule has 8 heteroatoms. The van der Waals surface area contributed by atoms with Crippen molar-refractivity contribution in [2.24, 2.45) is 0 Å². The zero-order valence-electron chi connectivity index (χ0n) is 12.7. The fourth-order valence-electron chi connectivity index (χ4n) is 2.49. The van der Waals surface area contributed by atoms with Crippen LogP contribution in [0.2, 0.25) is 5.02 Å². The Balaban J connectivity index is 1.64. The highest BCUT2D eigenvalue weighted by atomic mass is 35.5. The minimum atomic E-state index is -2.94. The minimum absolute atomic E-state index is 0.115. The second-order valence-corrected chi connectivity index (χ2v) is 8.25. The number of sulfone groups is 1. The first-order chi connectivity index (χ1) is 11.4. The van der Waals surface area contributed by atoms with E-state index in [9.17, 15) is 13.2 Å². The summed E-state index contributed by atoms with van der Waals surface area (Å²) in [6.07, 6.45) is 2.01. The third-order valence-electron chi connectivity index (χ3n) is 3.73. The number of nitrogens with zero attached hydrogens (tertiary/aromatic N) is 1. The first kappa shape index (κ1) is 16.7. The molecule has 0 bridgehead atoms. The van der Waals surface area contributed by atoms with E-state index in [0.29, 0.717) is 28.5 Å². The molecule has 2 heterocycles. The van der Waals surface area contributed by atoms with Crippen LogP contribution >= 0.6 is 11.6 Å². The molecule has 1 fully saturated rings. The van der Waals surface area contributed by atoms with Crippen molar-refractivity contribution in [2.45, 2.75) is 12.5 Å². The summed E-state index contributed by atoms with van der Waals surface area (Å²) in [5.41, 5.74) is 0.919. The van der Waals surface area contributed by atoms with E-state index in [1.165, 1.54) is 6.20 Å². The lowest BCUT2D eigenvalue weighted by Crippen LogP contribution is -2.21. The van der Waals surface area contributed by atoms with Gasteiger partial charge in [-0.25, -0.2) is 13.4 Å². The molecular formula is C16H16ClN3O3S. The molecule has 1 aliphatic rings. The van der Waals surface area contributed by atoms with E-state index in [1.54, 1.807) is 36.4 Å². The summed E-state index contributed by atoms with van der Waals surface area (Å²) in [5.74, 6) is 0.545. The predicted molar refractivity (Wildman–Crippen MR) is 94.3 cm³/mol. The Morgan fingerprint density at radius 1 is 1.21 bits per heavy atom. The normalized spacial score (nSPS) is 19.0. The standard InChI is InChI=1S/C16H16ClN3O3S/c17-13-3-1-2-4-14(13)20-16(21)11-5-6-15(18-9-11)19-12-7-8-24(22,23)10-12/h1-6,9,12H,7-8,10H2,(H,18,19)(H,20,21). The number of halogens is 1. The van der Waals surface area contributed by atoms with Crippen LogP contribution in [0.4, 0.5) is 11.5 Å². The van der Waals surface area contributed by atoms with Gasteiger partial charge in [-0.1, -0.05) is 23.7 Å². The maximum atomic E-state index is 12.2. The summed E-state index contributed by atoms with van der Waals surface area (Å²) in [7, 11) is -2.94. The number of aromatic nitrogens is 1. The number of anilines is 2. The van der Waals surface area contributed by atoms with Crippen LogP contribution in [-0.4, -0.2) is 36.9 Å². The van der Waals surface area contributed by atoms with Crippen LogP contribution in [0.5, 0.6) is 0 Å². The van der Waals surface area contributed by atoms with Gasteiger partial charge in [0.1, 0.15) is 5.82 Å². The van der Waals surface area contributed by atoms with Crippen LogP contribution in [0, 0.1) is 0 Å². The molecule has 2 aromatic rings. The third-order valence-corrected chi connectivity index (χ3v) is 5.83. The number of hydrogen-bond acceptors (Lipinski definition) is 5. The van der Waals surface area contributed by atoms with E-state index in [4.69, 9.17) is 11.6 Å². The van der Waals surface area contributed by atoms with Gasteiger partial charge in [-0.2, -0.15) is 0 Å². The number of rotatable bonds is 4. The molecule has 24 heavy (non-hydrogen) atoms. The van der Waals surface area contributed by atoms with Crippen molar-refractivity contribution >= 4 is 38.9 Å². The largest absolute Gasteiger partial charge is 0.366 e. The van der Waals surface area contributed by atoms with Gasteiger partial charge in [-0.3, -0.25) is 4.79 Å². The number of carbonyl (C=O) groups excluding carboxylic acids is 1. The van der Waals surface area contributed by atoms with E-state index in [1.807, 2.05) is 0 Å². The molecule has 2 N–H and O–H groups in total. The topological polar surface area (TPSA) is 88.2 Å². The molecule has 126 valence electrons. The molecule has 1 unspecified atom stereocenters. The Morgan fingerprint density at radius 2 is 2.00 bits per heavy atom. The van der Waals surface area contributed by atoms with E-state index in [0.717, 1.165) is 0 Å². The lowest BCUT2D eigenvalue weighted by Gasteiger charge is -2.12. The Kier molecular flexibility index (Phi) is 4.73. The van der Waals surface area contributed by atoms with Gasteiger partial charge in [-0.05, 0) is 30.7 Å². The van der Waals surface area contributed by atoms with Gasteiger partial charge in [-0.15, -0.1) is 0 Å². The van der Waals surface area contributed by atoms with Crippen LogP contribution in [0.25, 0.3) is 0 Å². The molecule has 1 aliphatic heterocycles. The zero-order valence-corrected chi connectivity index (χ0v) is 14.3. The quantitative estimate of drug-likeness (QED) is 0.869. The third kappa shape index (κ3) is 4.04. The zero-order chi connectivity index (χ0) is 17.2. The highest BCUT2D eigenvalue weighted by Gasteiger charge is 2.27. The van der Waals surface area contributed by atoms with E-state index in [2.05, 4.69) is 15.6 Å². The van der Waals surface area contributed by atoms with Crippen molar-refractivity contribution in [1.82, 2.24) is 4.98 Å². The fraction of sp³-hybridized carbons (Fsp3) is 0.250. The Labute approximate surface area is 145 Å². The van der Waals surface area contributed by atoms with Crippen molar-refractivity contribution in [2.75, 3.05) is 22.1 Å². The number of benzene rings is 1. The number of nitrogens with one attached hydrogen (secondary N) is 2. The maximum Gasteiger partial charge on any atom is 0.257 e. The highest BCUT2D eigenvalue weighted by molar-refractivity contribution is 7.91. The molecule has 6 nitrogen and oxygen atoms in total. The van der Waals surface area contributed by atoms with Crippen molar-refractivity contribution in [3.8, 4) is 0 Å². The maximum absolute atomic E-state index is 12.2. The average Bonchev–Trinajstić information content (AvgIpc) is 2.89. The van der Waals surface area contributed by atoms with Gasteiger partial charge >= 0.3 is 0 Å². The number of hydrogen-bond donors (Lipinski definition) is 2. The molecule has 0 radical (unpaired) electrons. The summed E-state index contributed by atoms with van der Waals surface area (Å²) >= 11 is 6.01. The van der Waals surface area contributed by atoms with E-state index < -0.39 is 9.84 Å². The summed E-state index contributed by atoms with van der Waals surface area (Å²) in [6, 6.07) is 10.1. The van der Waals surface area contributed by atoms with Crippen LogP contribution in [0.1, 0.15) is 16.8 Å². The van der Waals surface area contributed by atoms with Crippen molar-refractivity contribution in [3.63, 3.8) is 0 Å². The van der Waals surface area contributed by atoms with Gasteiger partial charge < -0.3 is 10.6 Å². The summed E-state index contributed by atoms with van der Waals surface area (Å²) in [4.78, 5) is 16.4. The van der Waals surface area contributed by atoms with Crippen molar-refractivity contribution in [3.05, 3.63) is 53.2 Å². The number of para-hydroxylation sites is 1. The summed E-state index contributed by atoms with van der Waals surface area (Å²) in [5, 5.41) is 6.26. The first-order valence-electron chi connectivity index (χ1n) is 7.42. The number of pyridine rings is 1.